The number of Topliss-reactive ketones (excluding diaryl/α,β-unsaturated/α-hetero) is 1. The van der Waals surface area contributed by atoms with E-state index in [1.807, 2.05) is 0 Å². The van der Waals surface area contributed by atoms with Crippen molar-refractivity contribution >= 4 is 16.6 Å². The molecule has 0 spiro atoms. The molecular weight excluding hydrogens is 272 g/mol. The lowest BCUT2D eigenvalue weighted by Gasteiger charge is -2.14. The van der Waals surface area contributed by atoms with Crippen LogP contribution in [0.2, 0.25) is 0 Å². The first-order chi connectivity index (χ1) is 9.42. The minimum Gasteiger partial charge on any atom is -0.294 e. The van der Waals surface area contributed by atoms with Crippen molar-refractivity contribution in [2.45, 2.75) is 25.2 Å². The largest absolute Gasteiger partial charge is 0.307 e. The van der Waals surface area contributed by atoms with E-state index in [0.29, 0.717) is 5.39 Å². The molecule has 0 radical (unpaired) electrons. The second-order valence-corrected chi connectivity index (χ2v) is 4.51. The Kier molecular flexibility index (Phi) is 4.06. The first-order valence-corrected chi connectivity index (χ1v) is 6.09. The van der Waals surface area contributed by atoms with Crippen molar-refractivity contribution in [2.24, 2.45) is 0 Å². The van der Waals surface area contributed by atoms with E-state index >= 15 is 0 Å². The molecule has 20 heavy (non-hydrogen) atoms. The van der Waals surface area contributed by atoms with Gasteiger partial charge in [-0.2, -0.15) is 0 Å². The molecule has 0 unspecified atom stereocenters. The summed E-state index contributed by atoms with van der Waals surface area (Å²) in [7, 11) is 0. The minimum absolute atomic E-state index is 0.285. The number of benzene rings is 2. The fourth-order valence-electron chi connectivity index (χ4n) is 1.99. The number of fused-ring (bicyclic) bond motifs is 1. The molecular formula is C15H12F4O. The summed E-state index contributed by atoms with van der Waals surface area (Å²) in [4.78, 5) is 11.9. The summed E-state index contributed by atoms with van der Waals surface area (Å²) in [5.74, 6) is -4.68. The summed E-state index contributed by atoms with van der Waals surface area (Å²) >= 11 is 0. The van der Waals surface area contributed by atoms with Crippen LogP contribution in [0.4, 0.5) is 17.6 Å². The summed E-state index contributed by atoms with van der Waals surface area (Å²) in [5, 5.41) is 1.44. The van der Waals surface area contributed by atoms with Crippen LogP contribution in [0.15, 0.2) is 42.5 Å². The third kappa shape index (κ3) is 2.98. The van der Waals surface area contributed by atoms with Gasteiger partial charge in [-0.1, -0.05) is 42.5 Å². The number of alkyl halides is 4. The monoisotopic (exact) mass is 284 g/mol. The van der Waals surface area contributed by atoms with Crippen LogP contribution in [0.5, 0.6) is 0 Å². The van der Waals surface area contributed by atoms with Gasteiger partial charge >= 0.3 is 12.3 Å². The quantitative estimate of drug-likeness (QED) is 0.574. The van der Waals surface area contributed by atoms with Crippen molar-refractivity contribution in [3.63, 3.8) is 0 Å². The maximum atomic E-state index is 12.8. The molecule has 0 aliphatic heterocycles. The first kappa shape index (κ1) is 14.5. The van der Waals surface area contributed by atoms with E-state index in [0.717, 1.165) is 5.39 Å². The number of hydrogen-bond acceptors (Lipinski definition) is 1. The van der Waals surface area contributed by atoms with E-state index in [9.17, 15) is 22.4 Å². The highest BCUT2D eigenvalue weighted by molar-refractivity contribution is 6.08. The Bertz CT molecular complexity index is 617. The van der Waals surface area contributed by atoms with Crippen molar-refractivity contribution < 1.29 is 22.4 Å². The predicted molar refractivity (Wildman–Crippen MR) is 68.5 cm³/mol. The lowest BCUT2D eigenvalue weighted by molar-refractivity contribution is -0.132. The molecule has 0 heterocycles. The lowest BCUT2D eigenvalue weighted by Crippen LogP contribution is -2.27. The molecule has 0 bridgehead atoms. The van der Waals surface area contributed by atoms with E-state index in [-0.39, 0.29) is 5.56 Å². The summed E-state index contributed by atoms with van der Waals surface area (Å²) in [6, 6.07) is 12.0. The number of halogens is 4. The van der Waals surface area contributed by atoms with Gasteiger partial charge in [0.25, 0.3) is 0 Å². The molecule has 0 amide bonds. The fraction of sp³-hybridized carbons (Fsp3) is 0.267. The topological polar surface area (TPSA) is 17.1 Å². The Balaban J connectivity index is 2.20. The van der Waals surface area contributed by atoms with Crippen LogP contribution in [0, 0.1) is 0 Å². The fourth-order valence-corrected chi connectivity index (χ4v) is 1.99. The average molecular weight is 284 g/mol. The third-order valence-electron chi connectivity index (χ3n) is 3.09. The van der Waals surface area contributed by atoms with E-state index in [1.54, 1.807) is 36.4 Å². The van der Waals surface area contributed by atoms with Crippen molar-refractivity contribution in [1.29, 1.82) is 0 Å². The Hall–Kier alpha value is -1.91. The Morgan fingerprint density at radius 2 is 1.70 bits per heavy atom. The molecule has 0 saturated carbocycles. The van der Waals surface area contributed by atoms with Gasteiger partial charge in [-0.3, -0.25) is 4.79 Å². The zero-order chi connectivity index (χ0) is 14.8. The van der Waals surface area contributed by atoms with Crippen molar-refractivity contribution in [3.8, 4) is 0 Å². The molecule has 2 rings (SSSR count). The third-order valence-corrected chi connectivity index (χ3v) is 3.09. The SMILES string of the molecule is O=C(CCC(F)(F)C(F)F)c1cccc2ccccc12. The number of hydrogen-bond donors (Lipinski definition) is 0. The van der Waals surface area contributed by atoms with Crippen LogP contribution in [-0.4, -0.2) is 18.1 Å². The number of carbonyl (C=O) groups excluding carboxylic acids is 1. The highest BCUT2D eigenvalue weighted by atomic mass is 19.3. The average Bonchev–Trinajstić information content (AvgIpc) is 2.44. The predicted octanol–water partition coefficient (Wildman–Crippen LogP) is 4.70. The van der Waals surface area contributed by atoms with Gasteiger partial charge < -0.3 is 0 Å². The van der Waals surface area contributed by atoms with E-state index in [1.165, 1.54) is 6.07 Å². The summed E-state index contributed by atoms with van der Waals surface area (Å²) < 4.78 is 49.8. The summed E-state index contributed by atoms with van der Waals surface area (Å²) in [6.07, 6.45) is -5.50. The summed E-state index contributed by atoms with van der Waals surface area (Å²) in [6.45, 7) is 0. The van der Waals surface area contributed by atoms with Crippen molar-refractivity contribution in [2.75, 3.05) is 0 Å². The highest BCUT2D eigenvalue weighted by Crippen LogP contribution is 2.29. The normalized spacial score (nSPS) is 12.1. The van der Waals surface area contributed by atoms with Crippen LogP contribution in [0.1, 0.15) is 23.2 Å². The maximum Gasteiger partial charge on any atom is 0.307 e. The van der Waals surface area contributed by atoms with Gasteiger partial charge in [0.1, 0.15) is 0 Å². The molecule has 0 fully saturated rings. The molecule has 0 aliphatic rings. The molecule has 5 heteroatoms. The second-order valence-electron chi connectivity index (χ2n) is 4.51. The van der Waals surface area contributed by atoms with Gasteiger partial charge in [0.05, 0.1) is 0 Å². The van der Waals surface area contributed by atoms with E-state index < -0.39 is 31.0 Å². The van der Waals surface area contributed by atoms with Crippen molar-refractivity contribution in [1.82, 2.24) is 0 Å². The zero-order valence-corrected chi connectivity index (χ0v) is 10.5. The molecule has 0 aromatic heterocycles. The van der Waals surface area contributed by atoms with Crippen LogP contribution >= 0.6 is 0 Å². The Morgan fingerprint density at radius 3 is 2.40 bits per heavy atom. The molecule has 0 saturated heterocycles. The molecule has 106 valence electrons. The van der Waals surface area contributed by atoms with Crippen LogP contribution in [0.25, 0.3) is 10.8 Å². The molecule has 0 N–H and O–H groups in total. The van der Waals surface area contributed by atoms with Crippen LogP contribution < -0.4 is 0 Å². The van der Waals surface area contributed by atoms with Gasteiger partial charge in [0, 0.05) is 18.4 Å². The number of carbonyl (C=O) groups is 1. The van der Waals surface area contributed by atoms with Gasteiger partial charge in [-0.25, -0.2) is 17.6 Å². The zero-order valence-electron chi connectivity index (χ0n) is 10.5. The standard InChI is InChI=1S/C15H12F4O/c16-14(17)15(18,19)9-8-13(20)12-7-3-5-10-4-1-2-6-11(10)12/h1-7,14H,8-9H2. The van der Waals surface area contributed by atoms with E-state index in [4.69, 9.17) is 0 Å². The minimum atomic E-state index is -4.12. The number of ketones is 1. The molecule has 1 nitrogen and oxygen atoms in total. The molecule has 0 aliphatic carbocycles. The Morgan fingerprint density at radius 1 is 1.05 bits per heavy atom. The van der Waals surface area contributed by atoms with Gasteiger partial charge in [-0.15, -0.1) is 0 Å². The van der Waals surface area contributed by atoms with Gasteiger partial charge in [0.2, 0.25) is 0 Å². The van der Waals surface area contributed by atoms with Gasteiger partial charge in [-0.05, 0) is 10.8 Å². The molecule has 0 atom stereocenters. The maximum absolute atomic E-state index is 12.8. The lowest BCUT2D eigenvalue weighted by atomic mass is 9.98. The Labute approximate surface area is 113 Å². The second kappa shape index (κ2) is 5.61. The van der Waals surface area contributed by atoms with Gasteiger partial charge in [0.15, 0.2) is 5.78 Å². The van der Waals surface area contributed by atoms with E-state index in [2.05, 4.69) is 0 Å². The molecule has 2 aromatic rings. The molecule has 2 aromatic carbocycles. The van der Waals surface area contributed by atoms with Crippen LogP contribution in [0.3, 0.4) is 0 Å². The highest BCUT2D eigenvalue weighted by Gasteiger charge is 2.40. The smallest absolute Gasteiger partial charge is 0.294 e. The first-order valence-electron chi connectivity index (χ1n) is 6.09. The summed E-state index contributed by atoms with van der Waals surface area (Å²) in [5.41, 5.74) is 0.285. The van der Waals surface area contributed by atoms with Crippen LogP contribution in [-0.2, 0) is 0 Å². The van der Waals surface area contributed by atoms with Crippen molar-refractivity contribution in [3.05, 3.63) is 48.0 Å². The number of rotatable bonds is 5.